The van der Waals surface area contributed by atoms with E-state index in [-0.39, 0.29) is 5.78 Å². The van der Waals surface area contributed by atoms with Crippen LogP contribution in [0, 0.1) is 6.92 Å². The van der Waals surface area contributed by atoms with Gasteiger partial charge >= 0.3 is 0 Å². The lowest BCUT2D eigenvalue weighted by Crippen LogP contribution is -2.04. The van der Waals surface area contributed by atoms with Crippen LogP contribution in [-0.2, 0) is 13.0 Å². The zero-order chi connectivity index (χ0) is 13.8. The number of aryl methyl sites for hydroxylation is 2. The zero-order valence-electron chi connectivity index (χ0n) is 11.5. The maximum atomic E-state index is 12.2. The summed E-state index contributed by atoms with van der Waals surface area (Å²) in [7, 11) is 1.61. The summed E-state index contributed by atoms with van der Waals surface area (Å²) < 4.78 is 7.06. The average Bonchev–Trinajstić information content (AvgIpc) is 2.86. The van der Waals surface area contributed by atoms with Gasteiger partial charge in [-0.05, 0) is 31.0 Å². The predicted octanol–water partition coefficient (Wildman–Crippen LogP) is 2.65. The average molecular weight is 258 g/mol. The molecule has 19 heavy (non-hydrogen) atoms. The first-order valence-electron chi connectivity index (χ1n) is 6.33. The van der Waals surface area contributed by atoms with Crippen LogP contribution in [0.25, 0.3) is 0 Å². The summed E-state index contributed by atoms with van der Waals surface area (Å²) in [4.78, 5) is 12.2. The molecule has 0 atom stereocenters. The molecule has 1 aromatic heterocycles. The van der Waals surface area contributed by atoms with Crippen LogP contribution in [0.1, 0.15) is 28.4 Å². The number of aromatic nitrogens is 2. The lowest BCUT2D eigenvalue weighted by atomic mass is 10.0. The van der Waals surface area contributed by atoms with Crippen molar-refractivity contribution in [3.63, 3.8) is 0 Å². The topological polar surface area (TPSA) is 44.1 Å². The molecule has 2 rings (SSSR count). The number of ether oxygens (including phenoxy) is 1. The van der Waals surface area contributed by atoms with E-state index in [1.54, 1.807) is 19.4 Å². The molecule has 2 aromatic rings. The second-order valence-corrected chi connectivity index (χ2v) is 4.49. The molecule has 0 unspecified atom stereocenters. The van der Waals surface area contributed by atoms with E-state index >= 15 is 0 Å². The first kappa shape index (κ1) is 13.3. The van der Waals surface area contributed by atoms with E-state index in [1.807, 2.05) is 36.9 Å². The number of hydrogen-bond acceptors (Lipinski definition) is 3. The highest BCUT2D eigenvalue weighted by Gasteiger charge is 2.10. The third-order valence-corrected chi connectivity index (χ3v) is 3.11. The van der Waals surface area contributed by atoms with E-state index < -0.39 is 0 Å². The van der Waals surface area contributed by atoms with Crippen LogP contribution in [0.15, 0.2) is 30.6 Å². The van der Waals surface area contributed by atoms with Crippen LogP contribution >= 0.6 is 0 Å². The maximum Gasteiger partial charge on any atom is 0.167 e. The van der Waals surface area contributed by atoms with Crippen molar-refractivity contribution in [2.75, 3.05) is 7.11 Å². The number of methoxy groups -OCH3 is 1. The Balaban J connectivity index is 2.15. The standard InChI is InChI=1S/C15H18N2O2/c1-4-17-10-12(9-16-17)7-14(18)13-6-5-11(2)15(8-13)19-3/h5-6,8-10H,4,7H2,1-3H3. The molecule has 0 N–H and O–H groups in total. The molecule has 4 heteroatoms. The normalized spacial score (nSPS) is 10.5. The van der Waals surface area contributed by atoms with Gasteiger partial charge in [-0.2, -0.15) is 5.10 Å². The van der Waals surface area contributed by atoms with Crippen LogP contribution in [0.2, 0.25) is 0 Å². The molecule has 0 bridgehead atoms. The lowest BCUT2D eigenvalue weighted by molar-refractivity contribution is 0.0992. The minimum absolute atomic E-state index is 0.0777. The van der Waals surface area contributed by atoms with E-state index in [1.165, 1.54) is 0 Å². The van der Waals surface area contributed by atoms with E-state index in [2.05, 4.69) is 5.10 Å². The van der Waals surface area contributed by atoms with Gasteiger partial charge in [0.25, 0.3) is 0 Å². The van der Waals surface area contributed by atoms with Crippen molar-refractivity contribution < 1.29 is 9.53 Å². The smallest absolute Gasteiger partial charge is 0.167 e. The van der Waals surface area contributed by atoms with Gasteiger partial charge in [0.1, 0.15) is 5.75 Å². The largest absolute Gasteiger partial charge is 0.496 e. The molecular weight excluding hydrogens is 240 g/mol. The van der Waals surface area contributed by atoms with Gasteiger partial charge in [0.2, 0.25) is 0 Å². The van der Waals surface area contributed by atoms with Gasteiger partial charge in [0.15, 0.2) is 5.78 Å². The fraction of sp³-hybridized carbons (Fsp3) is 0.333. The minimum Gasteiger partial charge on any atom is -0.496 e. The van der Waals surface area contributed by atoms with Crippen LogP contribution < -0.4 is 4.74 Å². The maximum absolute atomic E-state index is 12.2. The highest BCUT2D eigenvalue weighted by Crippen LogP contribution is 2.20. The zero-order valence-corrected chi connectivity index (χ0v) is 11.5. The number of Topliss-reactive ketones (excluding diaryl/α,β-unsaturated/α-hetero) is 1. The van der Waals surface area contributed by atoms with Crippen LogP contribution in [0.5, 0.6) is 5.75 Å². The Labute approximate surface area is 113 Å². The molecule has 0 aliphatic carbocycles. The molecule has 0 amide bonds. The molecule has 100 valence electrons. The summed E-state index contributed by atoms with van der Waals surface area (Å²) in [6, 6.07) is 5.54. The first-order valence-corrected chi connectivity index (χ1v) is 6.33. The summed E-state index contributed by atoms with van der Waals surface area (Å²) >= 11 is 0. The minimum atomic E-state index is 0.0777. The third-order valence-electron chi connectivity index (χ3n) is 3.11. The molecule has 1 heterocycles. The van der Waals surface area contributed by atoms with E-state index in [0.717, 1.165) is 23.4 Å². The van der Waals surface area contributed by atoms with E-state index in [0.29, 0.717) is 12.0 Å². The quantitative estimate of drug-likeness (QED) is 0.774. The lowest BCUT2D eigenvalue weighted by Gasteiger charge is -2.06. The number of rotatable bonds is 5. The fourth-order valence-corrected chi connectivity index (χ4v) is 1.95. The van der Waals surface area contributed by atoms with Crippen LogP contribution in [0.3, 0.4) is 0 Å². The molecule has 0 aliphatic rings. The molecule has 0 saturated carbocycles. The fourth-order valence-electron chi connectivity index (χ4n) is 1.95. The highest BCUT2D eigenvalue weighted by molar-refractivity contribution is 5.97. The molecule has 0 radical (unpaired) electrons. The number of hydrogen-bond donors (Lipinski definition) is 0. The van der Waals surface area contributed by atoms with Gasteiger partial charge in [-0.3, -0.25) is 9.48 Å². The highest BCUT2D eigenvalue weighted by atomic mass is 16.5. The van der Waals surface area contributed by atoms with E-state index in [4.69, 9.17) is 4.74 Å². The monoisotopic (exact) mass is 258 g/mol. The Morgan fingerprint density at radius 1 is 1.42 bits per heavy atom. The summed E-state index contributed by atoms with van der Waals surface area (Å²) in [6.45, 7) is 4.79. The Kier molecular flexibility index (Phi) is 4.00. The Bertz CT molecular complexity index is 588. The van der Waals surface area contributed by atoms with Gasteiger partial charge in [-0.15, -0.1) is 0 Å². The Morgan fingerprint density at radius 2 is 2.21 bits per heavy atom. The van der Waals surface area contributed by atoms with Crippen molar-refractivity contribution in [1.82, 2.24) is 9.78 Å². The molecular formula is C15H18N2O2. The predicted molar refractivity (Wildman–Crippen MR) is 73.7 cm³/mol. The molecule has 0 fully saturated rings. The number of ketones is 1. The van der Waals surface area contributed by atoms with Gasteiger partial charge in [0.05, 0.1) is 13.3 Å². The van der Waals surface area contributed by atoms with Crippen molar-refractivity contribution in [2.24, 2.45) is 0 Å². The summed E-state index contributed by atoms with van der Waals surface area (Å²) in [5.74, 6) is 0.823. The molecule has 1 aromatic carbocycles. The van der Waals surface area contributed by atoms with Crippen molar-refractivity contribution in [3.05, 3.63) is 47.3 Å². The molecule has 0 spiro atoms. The van der Waals surface area contributed by atoms with Gasteiger partial charge in [-0.1, -0.05) is 12.1 Å². The van der Waals surface area contributed by atoms with E-state index in [9.17, 15) is 4.79 Å². The van der Waals surface area contributed by atoms with Crippen LogP contribution in [-0.4, -0.2) is 22.7 Å². The number of nitrogens with zero attached hydrogens (tertiary/aromatic N) is 2. The van der Waals surface area contributed by atoms with Crippen molar-refractivity contribution in [1.29, 1.82) is 0 Å². The number of carbonyl (C=O) groups is 1. The number of benzene rings is 1. The second-order valence-electron chi connectivity index (χ2n) is 4.49. The van der Waals surface area contributed by atoms with Crippen molar-refractivity contribution >= 4 is 5.78 Å². The first-order chi connectivity index (χ1) is 9.13. The van der Waals surface area contributed by atoms with Crippen molar-refractivity contribution in [2.45, 2.75) is 26.8 Å². The summed E-state index contributed by atoms with van der Waals surface area (Å²) in [6.07, 6.45) is 4.02. The summed E-state index contributed by atoms with van der Waals surface area (Å²) in [5.41, 5.74) is 2.64. The second kappa shape index (κ2) is 5.69. The summed E-state index contributed by atoms with van der Waals surface area (Å²) in [5, 5.41) is 4.17. The van der Waals surface area contributed by atoms with Gasteiger partial charge < -0.3 is 4.74 Å². The number of carbonyl (C=O) groups excluding carboxylic acids is 1. The third kappa shape index (κ3) is 3.02. The Morgan fingerprint density at radius 3 is 2.84 bits per heavy atom. The Hall–Kier alpha value is -2.10. The molecule has 4 nitrogen and oxygen atoms in total. The van der Waals surface area contributed by atoms with Gasteiger partial charge in [-0.25, -0.2) is 0 Å². The van der Waals surface area contributed by atoms with Crippen LogP contribution in [0.4, 0.5) is 0 Å². The molecule has 0 aliphatic heterocycles. The SMILES string of the molecule is CCn1cc(CC(=O)c2ccc(C)c(OC)c2)cn1. The van der Waals surface area contributed by atoms with Gasteiger partial charge in [0, 0.05) is 24.7 Å². The molecule has 0 saturated heterocycles. The van der Waals surface area contributed by atoms with Crippen molar-refractivity contribution in [3.8, 4) is 5.75 Å².